The SMILES string of the molecule is N#Cc1cccc2c1C1(c3cc(-c4ccccc4-c4ccccc4-c4nc(-c5ccccc5)nc(-c5cccc(-c6cccc7ccccc67)c5)n4)ccc3-2)C2CC3CC(C2)CC1C3. The summed E-state index contributed by atoms with van der Waals surface area (Å²) in [6.45, 7) is 0. The first kappa shape index (κ1) is 37.1. The Morgan fingerprint density at radius 3 is 1.73 bits per heavy atom. The van der Waals surface area contributed by atoms with E-state index in [9.17, 15) is 5.26 Å². The molecule has 0 unspecified atom stereocenters. The van der Waals surface area contributed by atoms with E-state index in [1.165, 1.54) is 81.8 Å². The zero-order chi connectivity index (χ0) is 42.4. The quantitative estimate of drug-likeness (QED) is 0.168. The Morgan fingerprint density at radius 2 is 0.953 bits per heavy atom. The van der Waals surface area contributed by atoms with Gasteiger partial charge in [0, 0.05) is 22.1 Å². The molecule has 4 heteroatoms. The second-order valence-corrected chi connectivity index (χ2v) is 18.6. The number of fused-ring (bicyclic) bond motifs is 4. The van der Waals surface area contributed by atoms with Gasteiger partial charge in [-0.05, 0) is 140 Å². The zero-order valence-electron chi connectivity index (χ0n) is 35.5. The van der Waals surface area contributed by atoms with Gasteiger partial charge in [-0.3, -0.25) is 0 Å². The van der Waals surface area contributed by atoms with Gasteiger partial charge in [-0.25, -0.2) is 15.0 Å². The second kappa shape index (κ2) is 14.5. The van der Waals surface area contributed by atoms with Gasteiger partial charge in [0.25, 0.3) is 0 Å². The number of hydrogen-bond donors (Lipinski definition) is 0. The Hall–Kier alpha value is -7.48. The maximum atomic E-state index is 10.6. The number of aromatic nitrogens is 3. The smallest absolute Gasteiger partial charge is 0.164 e. The maximum absolute atomic E-state index is 10.6. The van der Waals surface area contributed by atoms with Gasteiger partial charge in [-0.1, -0.05) is 164 Å². The van der Waals surface area contributed by atoms with Gasteiger partial charge in [-0.15, -0.1) is 0 Å². The fourth-order valence-electron chi connectivity index (χ4n) is 13.0. The average Bonchev–Trinajstić information content (AvgIpc) is 3.65. The fraction of sp³-hybridized carbons (Fsp3) is 0.167. The van der Waals surface area contributed by atoms with Crippen molar-refractivity contribution in [3.8, 4) is 84.7 Å². The molecular weight excluding hydrogens is 777 g/mol. The maximum Gasteiger partial charge on any atom is 0.164 e. The summed E-state index contributed by atoms with van der Waals surface area (Å²) in [6, 6.07) is 67.6. The lowest BCUT2D eigenvalue weighted by Crippen LogP contribution is -2.55. The van der Waals surface area contributed by atoms with E-state index in [1.807, 2.05) is 18.2 Å². The van der Waals surface area contributed by atoms with Crippen LogP contribution in [0.5, 0.6) is 0 Å². The molecule has 1 heterocycles. The monoisotopic (exact) mass is 820 g/mol. The van der Waals surface area contributed by atoms with E-state index in [2.05, 4.69) is 170 Å². The normalized spacial score (nSPS) is 21.2. The third-order valence-electron chi connectivity index (χ3n) is 15.4. The molecule has 0 aliphatic heterocycles. The van der Waals surface area contributed by atoms with Crippen LogP contribution >= 0.6 is 0 Å². The van der Waals surface area contributed by atoms with Gasteiger partial charge in [0.15, 0.2) is 17.5 Å². The molecule has 9 aromatic rings. The topological polar surface area (TPSA) is 62.5 Å². The summed E-state index contributed by atoms with van der Waals surface area (Å²) in [5, 5.41) is 13.0. The molecule has 5 aliphatic rings. The molecule has 1 aromatic heterocycles. The molecule has 8 aromatic carbocycles. The van der Waals surface area contributed by atoms with E-state index >= 15 is 0 Å². The minimum absolute atomic E-state index is 0.118. The minimum atomic E-state index is -0.118. The molecule has 0 atom stereocenters. The van der Waals surface area contributed by atoms with Gasteiger partial charge < -0.3 is 0 Å². The molecule has 64 heavy (non-hydrogen) atoms. The highest BCUT2D eigenvalue weighted by Gasteiger charge is 2.62. The van der Waals surface area contributed by atoms with E-state index in [1.54, 1.807) is 0 Å². The van der Waals surface area contributed by atoms with Crippen molar-refractivity contribution in [1.29, 1.82) is 5.26 Å². The molecule has 5 aliphatic carbocycles. The highest BCUT2D eigenvalue weighted by molar-refractivity contribution is 5.97. The lowest BCUT2D eigenvalue weighted by atomic mass is 9.43. The summed E-state index contributed by atoms with van der Waals surface area (Å²) in [5.74, 6) is 4.66. The Bertz CT molecular complexity index is 3340. The highest BCUT2D eigenvalue weighted by Crippen LogP contribution is 2.70. The largest absolute Gasteiger partial charge is 0.208 e. The predicted molar refractivity (Wildman–Crippen MR) is 258 cm³/mol. The van der Waals surface area contributed by atoms with Gasteiger partial charge in [0.05, 0.1) is 11.6 Å². The van der Waals surface area contributed by atoms with Crippen LogP contribution in [0.1, 0.15) is 48.8 Å². The summed E-state index contributed by atoms with van der Waals surface area (Å²) in [5.41, 5.74) is 15.8. The molecule has 0 amide bonds. The highest BCUT2D eigenvalue weighted by atomic mass is 15.0. The Balaban J connectivity index is 0.960. The molecule has 1 spiro atoms. The van der Waals surface area contributed by atoms with Crippen LogP contribution in [0.4, 0.5) is 0 Å². The number of rotatable bonds is 6. The van der Waals surface area contributed by atoms with Crippen molar-refractivity contribution in [2.45, 2.75) is 37.5 Å². The molecule has 0 radical (unpaired) electrons. The fourth-order valence-corrected chi connectivity index (χ4v) is 13.0. The molecule has 304 valence electrons. The lowest BCUT2D eigenvalue weighted by molar-refractivity contribution is -0.0400. The van der Waals surface area contributed by atoms with Crippen molar-refractivity contribution >= 4 is 10.8 Å². The first-order chi connectivity index (χ1) is 31.6. The molecule has 14 rings (SSSR count). The average molecular weight is 821 g/mol. The molecule has 4 bridgehead atoms. The third kappa shape index (κ3) is 5.63. The summed E-state index contributed by atoms with van der Waals surface area (Å²) < 4.78 is 0. The summed E-state index contributed by atoms with van der Waals surface area (Å²) in [4.78, 5) is 15.7. The molecule has 0 N–H and O–H groups in total. The third-order valence-corrected chi connectivity index (χ3v) is 15.4. The van der Waals surface area contributed by atoms with E-state index in [-0.39, 0.29) is 5.41 Å². The van der Waals surface area contributed by atoms with Gasteiger partial charge in [-0.2, -0.15) is 5.26 Å². The lowest BCUT2D eigenvalue weighted by Gasteiger charge is -2.61. The van der Waals surface area contributed by atoms with Crippen molar-refractivity contribution in [3.05, 3.63) is 199 Å². The van der Waals surface area contributed by atoms with Crippen molar-refractivity contribution in [1.82, 2.24) is 15.0 Å². The van der Waals surface area contributed by atoms with Crippen molar-refractivity contribution < 1.29 is 0 Å². The van der Waals surface area contributed by atoms with E-state index in [4.69, 9.17) is 15.0 Å². The summed E-state index contributed by atoms with van der Waals surface area (Å²) >= 11 is 0. The minimum Gasteiger partial charge on any atom is -0.208 e. The summed E-state index contributed by atoms with van der Waals surface area (Å²) in [7, 11) is 0. The molecule has 0 saturated heterocycles. The van der Waals surface area contributed by atoms with Crippen LogP contribution in [0.25, 0.3) is 89.4 Å². The van der Waals surface area contributed by atoms with Crippen LogP contribution in [-0.2, 0) is 5.41 Å². The van der Waals surface area contributed by atoms with E-state index in [0.717, 1.165) is 50.8 Å². The zero-order valence-corrected chi connectivity index (χ0v) is 35.5. The van der Waals surface area contributed by atoms with Gasteiger partial charge >= 0.3 is 0 Å². The standard InChI is InChI=1S/C60H44N4/c61-36-44-19-12-26-53-52-28-27-42(35-55(52)60(56(44)53)45-30-37-29-38(32-45)33-46(60)31-37)49-21-6-7-22-50(49)51-23-8-9-24-54(51)59-63-57(40-14-2-1-3-15-40)62-58(64-59)43-18-10-17-41(34-43)48-25-11-16-39-13-4-5-20-47(39)48/h1-28,34-35,37-38,45-46H,29-33H2. The Labute approximate surface area is 374 Å². The van der Waals surface area contributed by atoms with Crippen LogP contribution in [0, 0.1) is 35.0 Å². The van der Waals surface area contributed by atoms with E-state index in [0.29, 0.717) is 29.3 Å². The molecule has 4 saturated carbocycles. The van der Waals surface area contributed by atoms with Crippen LogP contribution in [0.3, 0.4) is 0 Å². The number of benzene rings is 8. The van der Waals surface area contributed by atoms with Crippen LogP contribution in [0.2, 0.25) is 0 Å². The van der Waals surface area contributed by atoms with Crippen molar-refractivity contribution in [3.63, 3.8) is 0 Å². The number of nitrogens with zero attached hydrogens (tertiary/aromatic N) is 4. The van der Waals surface area contributed by atoms with Crippen LogP contribution in [-0.4, -0.2) is 15.0 Å². The number of hydrogen-bond acceptors (Lipinski definition) is 4. The first-order valence-corrected chi connectivity index (χ1v) is 22.9. The van der Waals surface area contributed by atoms with Gasteiger partial charge in [0.1, 0.15) is 0 Å². The molecule has 4 nitrogen and oxygen atoms in total. The Kier molecular flexibility index (Phi) is 8.43. The number of nitriles is 1. The van der Waals surface area contributed by atoms with Crippen molar-refractivity contribution in [2.75, 3.05) is 0 Å². The van der Waals surface area contributed by atoms with E-state index < -0.39 is 0 Å². The van der Waals surface area contributed by atoms with Crippen LogP contribution < -0.4 is 0 Å². The molecule has 4 fully saturated rings. The molecular formula is C60H44N4. The van der Waals surface area contributed by atoms with Crippen molar-refractivity contribution in [2.24, 2.45) is 23.7 Å². The summed E-state index contributed by atoms with van der Waals surface area (Å²) in [6.07, 6.45) is 6.47. The van der Waals surface area contributed by atoms with Gasteiger partial charge in [0.2, 0.25) is 0 Å². The van der Waals surface area contributed by atoms with Crippen LogP contribution in [0.15, 0.2) is 182 Å². The Morgan fingerprint density at radius 1 is 0.406 bits per heavy atom. The first-order valence-electron chi connectivity index (χ1n) is 22.9. The predicted octanol–water partition coefficient (Wildman–Crippen LogP) is 14.6. The second-order valence-electron chi connectivity index (χ2n) is 18.6.